The van der Waals surface area contributed by atoms with E-state index >= 15 is 0 Å². The summed E-state index contributed by atoms with van der Waals surface area (Å²) in [4.78, 5) is 23.2. The highest BCUT2D eigenvalue weighted by molar-refractivity contribution is 6.39. The van der Waals surface area contributed by atoms with Crippen LogP contribution in [0.5, 0.6) is 0 Å². The van der Waals surface area contributed by atoms with Gasteiger partial charge in [-0.15, -0.1) is 0 Å². The van der Waals surface area contributed by atoms with Crippen LogP contribution in [0.1, 0.15) is 31.4 Å². The molecule has 0 aliphatic heterocycles. The van der Waals surface area contributed by atoms with E-state index in [1.165, 1.54) is 0 Å². The van der Waals surface area contributed by atoms with Gasteiger partial charge < -0.3 is 10.6 Å². The van der Waals surface area contributed by atoms with Crippen molar-refractivity contribution in [1.82, 2.24) is 5.32 Å². The highest BCUT2D eigenvalue weighted by Gasteiger charge is 2.15. The minimum atomic E-state index is -0.626. The zero-order valence-corrected chi connectivity index (χ0v) is 11.3. The molecule has 2 amide bonds. The fourth-order valence-corrected chi connectivity index (χ4v) is 1.40. The van der Waals surface area contributed by atoms with E-state index in [-0.39, 0.29) is 6.04 Å². The third kappa shape index (κ3) is 3.87. The number of anilines is 1. The molecule has 1 atom stereocenters. The van der Waals surface area contributed by atoms with Gasteiger partial charge in [0.1, 0.15) is 0 Å². The monoisotopic (exact) mass is 248 g/mol. The summed E-state index contributed by atoms with van der Waals surface area (Å²) < 4.78 is 0. The standard InChI is InChI=1S/C14H20N2O2/c1-5-11(4)15-13(17)14(18)16-12-7-6-9(2)10(3)8-12/h6-8,11H,5H2,1-4H3,(H,15,17)(H,16,18). The third-order valence-electron chi connectivity index (χ3n) is 2.96. The summed E-state index contributed by atoms with van der Waals surface area (Å²) in [6, 6.07) is 5.56. The van der Waals surface area contributed by atoms with Crippen molar-refractivity contribution in [2.45, 2.75) is 40.2 Å². The molecule has 0 saturated carbocycles. The third-order valence-corrected chi connectivity index (χ3v) is 2.96. The molecule has 1 aromatic rings. The Balaban J connectivity index is 2.64. The maximum absolute atomic E-state index is 11.6. The Morgan fingerprint density at radius 3 is 2.39 bits per heavy atom. The van der Waals surface area contributed by atoms with Gasteiger partial charge in [-0.25, -0.2) is 0 Å². The van der Waals surface area contributed by atoms with Crippen LogP contribution >= 0.6 is 0 Å². The Bertz CT molecular complexity index is 455. The van der Waals surface area contributed by atoms with Gasteiger partial charge in [0.25, 0.3) is 0 Å². The number of aryl methyl sites for hydroxylation is 2. The van der Waals surface area contributed by atoms with E-state index in [0.717, 1.165) is 17.5 Å². The van der Waals surface area contributed by atoms with Crippen molar-refractivity contribution in [3.05, 3.63) is 29.3 Å². The quantitative estimate of drug-likeness (QED) is 0.805. The second-order valence-corrected chi connectivity index (χ2v) is 4.54. The lowest BCUT2D eigenvalue weighted by atomic mass is 10.1. The molecule has 0 spiro atoms. The number of rotatable bonds is 3. The molecule has 1 unspecified atom stereocenters. The van der Waals surface area contributed by atoms with Gasteiger partial charge in [0.05, 0.1) is 0 Å². The lowest BCUT2D eigenvalue weighted by Crippen LogP contribution is -2.40. The predicted octanol–water partition coefficient (Wildman–Crippen LogP) is 2.16. The molecule has 0 aliphatic carbocycles. The molecule has 0 aliphatic rings. The van der Waals surface area contributed by atoms with Crippen LogP contribution in [0.4, 0.5) is 5.69 Å². The van der Waals surface area contributed by atoms with Crippen molar-refractivity contribution in [2.24, 2.45) is 0 Å². The summed E-state index contributed by atoms with van der Waals surface area (Å²) in [5.74, 6) is -1.22. The Morgan fingerprint density at radius 2 is 1.83 bits per heavy atom. The molecule has 18 heavy (non-hydrogen) atoms. The molecule has 0 heterocycles. The highest BCUT2D eigenvalue weighted by atomic mass is 16.2. The molecular weight excluding hydrogens is 228 g/mol. The first-order valence-electron chi connectivity index (χ1n) is 6.13. The van der Waals surface area contributed by atoms with Gasteiger partial charge in [-0.1, -0.05) is 13.0 Å². The van der Waals surface area contributed by atoms with E-state index in [0.29, 0.717) is 5.69 Å². The van der Waals surface area contributed by atoms with Crippen LogP contribution in [0.15, 0.2) is 18.2 Å². The van der Waals surface area contributed by atoms with Crippen molar-refractivity contribution in [3.8, 4) is 0 Å². The van der Waals surface area contributed by atoms with Crippen molar-refractivity contribution >= 4 is 17.5 Å². The maximum atomic E-state index is 11.6. The second-order valence-electron chi connectivity index (χ2n) is 4.54. The first-order chi connectivity index (χ1) is 8.43. The summed E-state index contributed by atoms with van der Waals surface area (Å²) in [6.45, 7) is 7.77. The van der Waals surface area contributed by atoms with E-state index in [9.17, 15) is 9.59 Å². The van der Waals surface area contributed by atoms with Crippen LogP contribution in [0, 0.1) is 13.8 Å². The Kier molecular flexibility index (Phi) is 4.89. The number of nitrogens with one attached hydrogen (secondary N) is 2. The summed E-state index contributed by atoms with van der Waals surface area (Å²) in [5.41, 5.74) is 2.87. The summed E-state index contributed by atoms with van der Waals surface area (Å²) >= 11 is 0. The number of carbonyl (C=O) groups is 2. The number of hydrogen-bond acceptors (Lipinski definition) is 2. The second kappa shape index (κ2) is 6.19. The molecule has 0 aromatic heterocycles. The van der Waals surface area contributed by atoms with Gasteiger partial charge in [-0.3, -0.25) is 9.59 Å². The van der Waals surface area contributed by atoms with Crippen LogP contribution in [0.2, 0.25) is 0 Å². The molecule has 0 fully saturated rings. The van der Waals surface area contributed by atoms with Gasteiger partial charge in [-0.05, 0) is 50.5 Å². The highest BCUT2D eigenvalue weighted by Crippen LogP contribution is 2.13. The Labute approximate surface area is 108 Å². The van der Waals surface area contributed by atoms with Crippen molar-refractivity contribution in [3.63, 3.8) is 0 Å². The molecule has 4 heteroatoms. The molecule has 0 saturated heterocycles. The zero-order valence-electron chi connectivity index (χ0n) is 11.3. The van der Waals surface area contributed by atoms with Crippen LogP contribution in [-0.4, -0.2) is 17.9 Å². The average Bonchev–Trinajstić information content (AvgIpc) is 2.33. The first kappa shape index (κ1) is 14.2. The molecule has 0 radical (unpaired) electrons. The SMILES string of the molecule is CCC(C)NC(=O)C(=O)Nc1ccc(C)c(C)c1. The molecule has 0 bridgehead atoms. The van der Waals surface area contributed by atoms with E-state index in [4.69, 9.17) is 0 Å². The topological polar surface area (TPSA) is 58.2 Å². The molecule has 98 valence electrons. The number of hydrogen-bond donors (Lipinski definition) is 2. The first-order valence-corrected chi connectivity index (χ1v) is 6.13. The van der Waals surface area contributed by atoms with Gasteiger partial charge in [0.2, 0.25) is 0 Å². The number of amides is 2. The minimum absolute atomic E-state index is 0.00278. The van der Waals surface area contributed by atoms with Crippen molar-refractivity contribution < 1.29 is 9.59 Å². The summed E-state index contributed by atoms with van der Waals surface area (Å²) in [7, 11) is 0. The van der Waals surface area contributed by atoms with Gasteiger partial charge >= 0.3 is 11.8 Å². The largest absolute Gasteiger partial charge is 0.345 e. The van der Waals surface area contributed by atoms with Crippen molar-refractivity contribution in [1.29, 1.82) is 0 Å². The fraction of sp³-hybridized carbons (Fsp3) is 0.429. The normalized spacial score (nSPS) is 11.8. The Morgan fingerprint density at radius 1 is 1.17 bits per heavy atom. The van der Waals surface area contributed by atoms with E-state index in [1.807, 2.05) is 39.8 Å². The zero-order chi connectivity index (χ0) is 13.7. The van der Waals surface area contributed by atoms with E-state index in [2.05, 4.69) is 10.6 Å². The summed E-state index contributed by atoms with van der Waals surface area (Å²) in [5, 5.41) is 5.21. The molecule has 1 aromatic carbocycles. The number of benzene rings is 1. The smallest absolute Gasteiger partial charge is 0.313 e. The van der Waals surface area contributed by atoms with Crippen LogP contribution in [0.25, 0.3) is 0 Å². The molecule has 4 nitrogen and oxygen atoms in total. The van der Waals surface area contributed by atoms with Crippen LogP contribution in [-0.2, 0) is 9.59 Å². The van der Waals surface area contributed by atoms with E-state index < -0.39 is 11.8 Å². The summed E-state index contributed by atoms with van der Waals surface area (Å²) in [6.07, 6.45) is 0.794. The molecular formula is C14H20N2O2. The van der Waals surface area contributed by atoms with Crippen molar-refractivity contribution in [2.75, 3.05) is 5.32 Å². The minimum Gasteiger partial charge on any atom is -0.345 e. The van der Waals surface area contributed by atoms with Gasteiger partial charge in [0, 0.05) is 11.7 Å². The number of carbonyl (C=O) groups excluding carboxylic acids is 2. The fourth-order valence-electron chi connectivity index (χ4n) is 1.40. The van der Waals surface area contributed by atoms with Crippen LogP contribution < -0.4 is 10.6 Å². The lowest BCUT2D eigenvalue weighted by molar-refractivity contribution is -0.136. The predicted molar refractivity (Wildman–Crippen MR) is 72.4 cm³/mol. The van der Waals surface area contributed by atoms with Gasteiger partial charge in [-0.2, -0.15) is 0 Å². The molecule has 1 rings (SSSR count). The van der Waals surface area contributed by atoms with Gasteiger partial charge in [0.15, 0.2) is 0 Å². The maximum Gasteiger partial charge on any atom is 0.313 e. The lowest BCUT2D eigenvalue weighted by Gasteiger charge is -2.11. The van der Waals surface area contributed by atoms with Crippen LogP contribution in [0.3, 0.4) is 0 Å². The average molecular weight is 248 g/mol. The molecule has 2 N–H and O–H groups in total. The van der Waals surface area contributed by atoms with E-state index in [1.54, 1.807) is 6.07 Å². The Hall–Kier alpha value is -1.84.